The molecule has 28 heavy (non-hydrogen) atoms. The van der Waals surface area contributed by atoms with Crippen LogP contribution in [0.15, 0.2) is 67.6 Å². The van der Waals surface area contributed by atoms with E-state index >= 15 is 0 Å². The van der Waals surface area contributed by atoms with E-state index in [2.05, 4.69) is 25.4 Å². The highest BCUT2D eigenvalue weighted by molar-refractivity contribution is 5.59. The van der Waals surface area contributed by atoms with Gasteiger partial charge in [-0.15, -0.1) is 5.10 Å². The van der Waals surface area contributed by atoms with E-state index in [1.165, 1.54) is 0 Å². The summed E-state index contributed by atoms with van der Waals surface area (Å²) in [4.78, 5) is 8.86. The largest absolute Gasteiger partial charge is 0.392 e. The van der Waals surface area contributed by atoms with Crippen molar-refractivity contribution in [3.05, 3.63) is 78.9 Å². The monoisotopic (exact) mass is 372 g/mol. The van der Waals surface area contributed by atoms with Crippen molar-refractivity contribution in [1.29, 1.82) is 0 Å². The summed E-state index contributed by atoms with van der Waals surface area (Å²) < 4.78 is 5.39. The molecule has 0 saturated heterocycles. The van der Waals surface area contributed by atoms with E-state index in [-0.39, 0.29) is 6.61 Å². The third kappa shape index (κ3) is 3.03. The van der Waals surface area contributed by atoms with Crippen LogP contribution in [0, 0.1) is 0 Å². The smallest absolute Gasteiger partial charge is 0.137 e. The molecule has 0 radical (unpaired) electrons. The summed E-state index contributed by atoms with van der Waals surface area (Å²) in [5.41, 5.74) is 4.97. The molecule has 138 valence electrons. The predicted molar refractivity (Wildman–Crippen MR) is 101 cm³/mol. The molecule has 9 heteroatoms. The van der Waals surface area contributed by atoms with Gasteiger partial charge in [-0.3, -0.25) is 4.98 Å². The molecule has 0 aliphatic rings. The van der Waals surface area contributed by atoms with Crippen molar-refractivity contribution in [2.24, 2.45) is 0 Å². The summed E-state index contributed by atoms with van der Waals surface area (Å²) in [6.07, 6.45) is 12.7. The first-order valence-electron chi connectivity index (χ1n) is 8.71. The van der Waals surface area contributed by atoms with Gasteiger partial charge >= 0.3 is 0 Å². The van der Waals surface area contributed by atoms with Gasteiger partial charge in [0.2, 0.25) is 0 Å². The molecule has 5 rings (SSSR count). The van der Waals surface area contributed by atoms with Gasteiger partial charge < -0.3 is 9.51 Å². The molecule has 0 fully saturated rings. The number of fused-ring (bicyclic) bond motifs is 1. The van der Waals surface area contributed by atoms with E-state index in [4.69, 9.17) is 0 Å². The highest BCUT2D eigenvalue weighted by atomic mass is 16.3. The van der Waals surface area contributed by atoms with Crippen molar-refractivity contribution < 1.29 is 5.11 Å². The van der Waals surface area contributed by atoms with Crippen molar-refractivity contribution in [3.63, 3.8) is 0 Å². The minimum Gasteiger partial charge on any atom is -0.392 e. The number of aliphatic hydroxyl groups is 1. The van der Waals surface area contributed by atoms with Crippen LogP contribution in [0.5, 0.6) is 0 Å². The van der Waals surface area contributed by atoms with Crippen molar-refractivity contribution >= 4 is 5.65 Å². The highest BCUT2D eigenvalue weighted by Crippen LogP contribution is 2.18. The fourth-order valence-electron chi connectivity index (χ4n) is 3.05. The van der Waals surface area contributed by atoms with Crippen molar-refractivity contribution in [3.8, 4) is 16.9 Å². The quantitative estimate of drug-likeness (QED) is 0.504. The molecule has 1 N–H and O–H groups in total. The minimum absolute atomic E-state index is 0.00151. The van der Waals surface area contributed by atoms with Crippen LogP contribution in [-0.4, -0.2) is 44.2 Å². The van der Waals surface area contributed by atoms with Crippen molar-refractivity contribution in [2.75, 3.05) is 0 Å². The molecule has 9 nitrogen and oxygen atoms in total. The lowest BCUT2D eigenvalue weighted by atomic mass is 10.2. The molecule has 5 heterocycles. The maximum absolute atomic E-state index is 9.26. The second-order valence-corrected chi connectivity index (χ2v) is 6.38. The number of imidazole rings is 1. The molecule has 0 spiro atoms. The Labute approximate surface area is 159 Å². The number of pyridine rings is 2. The summed E-state index contributed by atoms with van der Waals surface area (Å²) in [7, 11) is 0. The van der Waals surface area contributed by atoms with E-state index in [1.54, 1.807) is 28.0 Å². The summed E-state index contributed by atoms with van der Waals surface area (Å²) in [6, 6.07) is 7.57. The molecular formula is C19H16N8O. The molecule has 5 aromatic heterocycles. The molecule has 0 amide bonds. The van der Waals surface area contributed by atoms with Crippen LogP contribution in [-0.2, 0) is 13.2 Å². The van der Waals surface area contributed by atoms with Gasteiger partial charge in [0.1, 0.15) is 11.3 Å². The van der Waals surface area contributed by atoms with Crippen molar-refractivity contribution in [1.82, 2.24) is 39.1 Å². The SMILES string of the molecule is OCc1ccc2nc(Cn3cc(-c4cncc(-n5cccn5)c4)nn3)cn2c1. The standard InChI is InChI=1S/C19H16N8O/c28-13-14-2-3-19-22-16(10-25(19)9-14)11-26-12-18(23-24-26)15-6-17(8-20-7-15)27-5-1-4-21-27/h1-10,12,28H,11,13H2. The first-order valence-corrected chi connectivity index (χ1v) is 8.71. The van der Waals surface area contributed by atoms with Crippen LogP contribution in [0.3, 0.4) is 0 Å². The van der Waals surface area contributed by atoms with Gasteiger partial charge in [-0.2, -0.15) is 5.10 Å². The fraction of sp³-hybridized carbons (Fsp3) is 0.105. The third-order valence-electron chi connectivity index (χ3n) is 4.40. The molecule has 0 aromatic carbocycles. The van der Waals surface area contributed by atoms with Gasteiger partial charge in [0.05, 0.1) is 36.9 Å². The maximum Gasteiger partial charge on any atom is 0.137 e. The molecule has 0 aliphatic carbocycles. The van der Waals surface area contributed by atoms with Crippen LogP contribution in [0.2, 0.25) is 0 Å². The molecular weight excluding hydrogens is 356 g/mol. The van der Waals surface area contributed by atoms with E-state index in [0.29, 0.717) is 6.54 Å². The molecule has 0 bridgehead atoms. The normalized spacial score (nSPS) is 11.3. The lowest BCUT2D eigenvalue weighted by Gasteiger charge is -2.02. The van der Waals surface area contributed by atoms with E-state index < -0.39 is 0 Å². The zero-order chi connectivity index (χ0) is 18.9. The molecule has 0 atom stereocenters. The van der Waals surface area contributed by atoms with Gasteiger partial charge in [0.15, 0.2) is 0 Å². The second kappa shape index (κ2) is 6.71. The number of aromatic nitrogens is 8. The average Bonchev–Trinajstić information content (AvgIpc) is 3.48. The lowest BCUT2D eigenvalue weighted by molar-refractivity contribution is 0.281. The number of hydrogen-bond donors (Lipinski definition) is 1. The fourth-order valence-corrected chi connectivity index (χ4v) is 3.05. The Hall–Kier alpha value is -3.85. The van der Waals surface area contributed by atoms with Gasteiger partial charge in [-0.1, -0.05) is 11.3 Å². The first-order chi connectivity index (χ1) is 13.8. The summed E-state index contributed by atoms with van der Waals surface area (Å²) in [6.45, 7) is 0.497. The first kappa shape index (κ1) is 16.3. The Morgan fingerprint density at radius 3 is 2.89 bits per heavy atom. The topological polar surface area (TPSA) is 99.0 Å². The minimum atomic E-state index is 0.00151. The maximum atomic E-state index is 9.26. The number of aliphatic hydroxyl groups excluding tert-OH is 1. The molecule has 5 aromatic rings. The Bertz CT molecular complexity index is 1240. The number of nitrogens with zero attached hydrogens (tertiary/aromatic N) is 8. The Morgan fingerprint density at radius 2 is 2.04 bits per heavy atom. The Morgan fingerprint density at radius 1 is 1.07 bits per heavy atom. The van der Waals surface area contributed by atoms with E-state index in [0.717, 1.165) is 33.8 Å². The summed E-state index contributed by atoms with van der Waals surface area (Å²) >= 11 is 0. The van der Waals surface area contributed by atoms with Crippen molar-refractivity contribution in [2.45, 2.75) is 13.2 Å². The lowest BCUT2D eigenvalue weighted by Crippen LogP contribution is -2.00. The zero-order valence-corrected chi connectivity index (χ0v) is 14.8. The van der Waals surface area contributed by atoms with E-state index in [9.17, 15) is 5.11 Å². The highest BCUT2D eigenvalue weighted by Gasteiger charge is 2.09. The van der Waals surface area contributed by atoms with Gasteiger partial charge in [-0.05, 0) is 23.8 Å². The predicted octanol–water partition coefficient (Wildman–Crippen LogP) is 1.71. The van der Waals surface area contributed by atoms with Crippen LogP contribution in [0.25, 0.3) is 22.6 Å². The third-order valence-corrected chi connectivity index (χ3v) is 4.40. The average molecular weight is 372 g/mol. The van der Waals surface area contributed by atoms with Crippen LogP contribution >= 0.6 is 0 Å². The second-order valence-electron chi connectivity index (χ2n) is 6.38. The molecule has 0 saturated carbocycles. The number of hydrogen-bond acceptors (Lipinski definition) is 6. The van der Waals surface area contributed by atoms with Gasteiger partial charge in [0.25, 0.3) is 0 Å². The van der Waals surface area contributed by atoms with E-state index in [1.807, 2.05) is 53.5 Å². The Kier molecular flexibility index (Phi) is 3.91. The summed E-state index contributed by atoms with van der Waals surface area (Å²) in [5, 5.41) is 22.0. The summed E-state index contributed by atoms with van der Waals surface area (Å²) in [5.74, 6) is 0. The van der Waals surface area contributed by atoms with Gasteiger partial charge in [-0.25, -0.2) is 14.3 Å². The van der Waals surface area contributed by atoms with Crippen LogP contribution < -0.4 is 0 Å². The number of rotatable bonds is 5. The Balaban J connectivity index is 1.40. The molecule has 0 aliphatic heterocycles. The zero-order valence-electron chi connectivity index (χ0n) is 14.8. The van der Waals surface area contributed by atoms with Gasteiger partial charge in [0, 0.05) is 36.5 Å². The van der Waals surface area contributed by atoms with Crippen LogP contribution in [0.4, 0.5) is 0 Å². The van der Waals surface area contributed by atoms with Crippen LogP contribution in [0.1, 0.15) is 11.3 Å². The molecule has 0 unspecified atom stereocenters.